The van der Waals surface area contributed by atoms with Gasteiger partial charge in [0.1, 0.15) is 23.2 Å². The second-order valence-electron chi connectivity index (χ2n) is 6.81. The Kier molecular flexibility index (Phi) is 5.70. The van der Waals surface area contributed by atoms with Crippen molar-refractivity contribution in [3.05, 3.63) is 114 Å². The Hall–Kier alpha value is -3.74. The Labute approximate surface area is 172 Å². The van der Waals surface area contributed by atoms with Gasteiger partial charge in [-0.3, -0.25) is 4.79 Å². The van der Waals surface area contributed by atoms with Crippen molar-refractivity contribution in [3.63, 3.8) is 0 Å². The van der Waals surface area contributed by atoms with Gasteiger partial charge in [-0.2, -0.15) is 0 Å². The molecule has 0 aliphatic carbocycles. The third kappa shape index (κ3) is 4.46. The number of nitrogens with zero attached hydrogens (tertiary/aromatic N) is 3. The molecule has 1 amide bonds. The van der Waals surface area contributed by atoms with E-state index in [9.17, 15) is 13.6 Å². The molecule has 0 aliphatic heterocycles. The SMILES string of the molecule is O=C(c1ccc(F)cc1)N(Cc1ccco1)Cc1nccn1Cc1ccccc1F. The van der Waals surface area contributed by atoms with Crippen molar-refractivity contribution in [1.82, 2.24) is 14.5 Å². The maximum absolute atomic E-state index is 14.1. The van der Waals surface area contributed by atoms with Crippen molar-refractivity contribution in [2.75, 3.05) is 0 Å². The normalized spacial score (nSPS) is 10.9. The summed E-state index contributed by atoms with van der Waals surface area (Å²) in [5.74, 6) is 0.210. The predicted molar refractivity (Wildman–Crippen MR) is 106 cm³/mol. The van der Waals surface area contributed by atoms with Gasteiger partial charge in [0.05, 0.1) is 25.9 Å². The fraction of sp³-hybridized carbons (Fsp3) is 0.130. The fourth-order valence-corrected chi connectivity index (χ4v) is 3.18. The summed E-state index contributed by atoms with van der Waals surface area (Å²) in [6, 6.07) is 15.4. The Balaban J connectivity index is 1.59. The average Bonchev–Trinajstić information content (AvgIpc) is 3.42. The van der Waals surface area contributed by atoms with Gasteiger partial charge < -0.3 is 13.9 Å². The molecule has 5 nitrogen and oxygen atoms in total. The van der Waals surface area contributed by atoms with Gasteiger partial charge in [-0.25, -0.2) is 13.8 Å². The standard InChI is InChI=1S/C23H19F2N3O2/c24-19-9-7-17(8-10-19)23(29)28(15-20-5-3-13-30-20)16-22-26-11-12-27(22)14-18-4-1-2-6-21(18)25/h1-13H,14-16H2. The van der Waals surface area contributed by atoms with E-state index in [1.54, 1.807) is 52.2 Å². The molecule has 2 aromatic heterocycles. The van der Waals surface area contributed by atoms with Crippen molar-refractivity contribution in [3.8, 4) is 0 Å². The molecular formula is C23H19F2N3O2. The number of carbonyl (C=O) groups excluding carboxylic acids is 1. The molecule has 4 aromatic rings. The Bertz CT molecular complexity index is 1120. The minimum atomic E-state index is -0.412. The molecule has 2 aromatic carbocycles. The zero-order valence-electron chi connectivity index (χ0n) is 16.0. The van der Waals surface area contributed by atoms with Crippen molar-refractivity contribution >= 4 is 5.91 Å². The van der Waals surface area contributed by atoms with E-state index in [0.717, 1.165) is 0 Å². The number of hydrogen-bond donors (Lipinski definition) is 0. The number of carbonyl (C=O) groups is 1. The number of imidazole rings is 1. The highest BCUT2D eigenvalue weighted by Gasteiger charge is 2.20. The average molecular weight is 407 g/mol. The van der Waals surface area contributed by atoms with Gasteiger partial charge in [0, 0.05) is 23.5 Å². The van der Waals surface area contributed by atoms with Gasteiger partial charge >= 0.3 is 0 Å². The van der Waals surface area contributed by atoms with E-state index in [4.69, 9.17) is 4.42 Å². The van der Waals surface area contributed by atoms with Gasteiger partial charge in [-0.1, -0.05) is 18.2 Å². The molecule has 30 heavy (non-hydrogen) atoms. The highest BCUT2D eigenvalue weighted by molar-refractivity contribution is 5.94. The molecule has 0 saturated heterocycles. The van der Waals surface area contributed by atoms with Gasteiger partial charge in [0.25, 0.3) is 5.91 Å². The topological polar surface area (TPSA) is 51.3 Å². The summed E-state index contributed by atoms with van der Waals surface area (Å²) < 4.78 is 34.5. The van der Waals surface area contributed by atoms with Crippen LogP contribution < -0.4 is 0 Å². The molecule has 7 heteroatoms. The number of benzene rings is 2. The van der Waals surface area contributed by atoms with Crippen LogP contribution in [0.5, 0.6) is 0 Å². The minimum absolute atomic E-state index is 0.179. The quantitative estimate of drug-likeness (QED) is 0.448. The van der Waals surface area contributed by atoms with E-state index in [2.05, 4.69) is 4.98 Å². The van der Waals surface area contributed by atoms with Crippen molar-refractivity contribution in [2.45, 2.75) is 19.6 Å². The van der Waals surface area contributed by atoms with E-state index in [1.807, 2.05) is 0 Å². The first-order valence-electron chi connectivity index (χ1n) is 9.41. The van der Waals surface area contributed by atoms with E-state index in [0.29, 0.717) is 29.3 Å². The molecule has 2 heterocycles. The lowest BCUT2D eigenvalue weighted by Gasteiger charge is -2.22. The van der Waals surface area contributed by atoms with Crippen LogP contribution in [0.1, 0.15) is 27.5 Å². The summed E-state index contributed by atoms with van der Waals surface area (Å²) in [5, 5.41) is 0. The van der Waals surface area contributed by atoms with Crippen LogP contribution >= 0.6 is 0 Å². The second-order valence-corrected chi connectivity index (χ2v) is 6.81. The summed E-state index contributed by atoms with van der Waals surface area (Å²) in [4.78, 5) is 19.0. The van der Waals surface area contributed by atoms with Crippen LogP contribution in [0.4, 0.5) is 8.78 Å². The largest absolute Gasteiger partial charge is 0.467 e. The van der Waals surface area contributed by atoms with Gasteiger partial charge in [0.15, 0.2) is 0 Å². The van der Waals surface area contributed by atoms with Crippen LogP contribution in [0.15, 0.2) is 83.7 Å². The van der Waals surface area contributed by atoms with Crippen LogP contribution in [0, 0.1) is 11.6 Å². The van der Waals surface area contributed by atoms with E-state index >= 15 is 0 Å². The number of furan rings is 1. The second kappa shape index (κ2) is 8.73. The number of hydrogen-bond acceptors (Lipinski definition) is 3. The lowest BCUT2D eigenvalue weighted by molar-refractivity contribution is 0.0711. The number of halogens is 2. The van der Waals surface area contributed by atoms with E-state index < -0.39 is 5.82 Å². The van der Waals surface area contributed by atoms with Crippen LogP contribution in [0.25, 0.3) is 0 Å². The number of aromatic nitrogens is 2. The van der Waals surface area contributed by atoms with Crippen LogP contribution in [-0.2, 0) is 19.6 Å². The molecule has 152 valence electrons. The van der Waals surface area contributed by atoms with Crippen molar-refractivity contribution in [1.29, 1.82) is 0 Å². The summed E-state index contributed by atoms with van der Waals surface area (Å²) >= 11 is 0. The first-order valence-corrected chi connectivity index (χ1v) is 9.41. The monoisotopic (exact) mass is 407 g/mol. The molecule has 0 radical (unpaired) electrons. The summed E-state index contributed by atoms with van der Waals surface area (Å²) in [5.41, 5.74) is 0.884. The molecular weight excluding hydrogens is 388 g/mol. The first kappa shape index (κ1) is 19.6. The summed E-state index contributed by atoms with van der Waals surface area (Å²) in [7, 11) is 0. The fourth-order valence-electron chi connectivity index (χ4n) is 3.18. The van der Waals surface area contributed by atoms with Gasteiger partial charge in [-0.15, -0.1) is 0 Å². The zero-order valence-corrected chi connectivity index (χ0v) is 16.0. The number of amides is 1. The van der Waals surface area contributed by atoms with Crippen LogP contribution in [-0.4, -0.2) is 20.4 Å². The van der Waals surface area contributed by atoms with Gasteiger partial charge in [0.2, 0.25) is 0 Å². The van der Waals surface area contributed by atoms with Crippen molar-refractivity contribution in [2.24, 2.45) is 0 Å². The van der Waals surface area contributed by atoms with Crippen LogP contribution in [0.3, 0.4) is 0 Å². The Morgan fingerprint density at radius 2 is 1.80 bits per heavy atom. The van der Waals surface area contributed by atoms with E-state index in [1.165, 1.54) is 36.6 Å². The highest BCUT2D eigenvalue weighted by Crippen LogP contribution is 2.16. The number of rotatable bonds is 7. The Morgan fingerprint density at radius 3 is 2.53 bits per heavy atom. The maximum Gasteiger partial charge on any atom is 0.254 e. The van der Waals surface area contributed by atoms with Crippen LogP contribution in [0.2, 0.25) is 0 Å². The summed E-state index contributed by atoms with van der Waals surface area (Å²) in [6.45, 7) is 0.690. The first-order chi connectivity index (χ1) is 14.6. The molecule has 0 atom stereocenters. The molecule has 4 rings (SSSR count). The Morgan fingerprint density at radius 1 is 1.00 bits per heavy atom. The van der Waals surface area contributed by atoms with E-state index in [-0.39, 0.29) is 24.8 Å². The molecule has 0 spiro atoms. The highest BCUT2D eigenvalue weighted by atomic mass is 19.1. The minimum Gasteiger partial charge on any atom is -0.467 e. The third-order valence-electron chi connectivity index (χ3n) is 4.74. The molecule has 0 aliphatic rings. The third-order valence-corrected chi connectivity index (χ3v) is 4.74. The maximum atomic E-state index is 14.1. The molecule has 0 fully saturated rings. The molecule has 0 N–H and O–H groups in total. The zero-order chi connectivity index (χ0) is 20.9. The molecule has 0 bridgehead atoms. The molecule has 0 unspecified atom stereocenters. The predicted octanol–water partition coefficient (Wildman–Crippen LogP) is 4.65. The van der Waals surface area contributed by atoms with Crippen molar-refractivity contribution < 1.29 is 18.0 Å². The van der Waals surface area contributed by atoms with Gasteiger partial charge in [-0.05, 0) is 42.5 Å². The smallest absolute Gasteiger partial charge is 0.254 e. The lowest BCUT2D eigenvalue weighted by Crippen LogP contribution is -2.31. The molecule has 0 saturated carbocycles. The summed E-state index contributed by atoms with van der Waals surface area (Å²) in [6.07, 6.45) is 4.90. The lowest BCUT2D eigenvalue weighted by atomic mass is 10.2.